The number of hydrogen-bond donors (Lipinski definition) is 1. The first-order chi connectivity index (χ1) is 10.4. The van der Waals surface area contributed by atoms with Crippen molar-refractivity contribution in [2.24, 2.45) is 0 Å². The number of benzene rings is 1. The average Bonchev–Trinajstić information content (AvgIpc) is 2.45. The van der Waals surface area contributed by atoms with Crippen molar-refractivity contribution in [3.63, 3.8) is 0 Å². The Bertz CT molecular complexity index is 678. The van der Waals surface area contributed by atoms with Crippen molar-refractivity contribution in [1.29, 1.82) is 0 Å². The summed E-state index contributed by atoms with van der Waals surface area (Å²) in [6.45, 7) is -0.0944. The molecule has 1 rings (SSSR count). The minimum absolute atomic E-state index is 0.0715. The molecule has 0 fully saturated rings. The number of halogens is 1. The SMILES string of the molecule is O=C(CCc1cc([N+](=O)[O-])cc([N+](=O)[O-])c1O)OCC#CI. The Labute approximate surface area is 137 Å². The lowest BCUT2D eigenvalue weighted by Crippen LogP contribution is -2.06. The van der Waals surface area contributed by atoms with Crippen LogP contribution in [0.5, 0.6) is 5.75 Å². The number of aryl methyl sites for hydroxylation is 1. The molecule has 0 atom stereocenters. The van der Waals surface area contributed by atoms with Crippen molar-refractivity contribution in [1.82, 2.24) is 0 Å². The first kappa shape index (κ1) is 17.6. The van der Waals surface area contributed by atoms with E-state index in [0.29, 0.717) is 6.07 Å². The lowest BCUT2D eigenvalue weighted by atomic mass is 10.1. The molecule has 0 saturated heterocycles. The highest BCUT2D eigenvalue weighted by atomic mass is 127. The van der Waals surface area contributed by atoms with Crippen LogP contribution in [-0.2, 0) is 16.0 Å². The van der Waals surface area contributed by atoms with Crippen molar-refractivity contribution >= 4 is 39.9 Å². The smallest absolute Gasteiger partial charge is 0.317 e. The number of phenols is 1. The quantitative estimate of drug-likeness (QED) is 0.245. The number of aromatic hydroxyl groups is 1. The van der Waals surface area contributed by atoms with E-state index in [1.54, 1.807) is 22.6 Å². The van der Waals surface area contributed by atoms with Gasteiger partial charge in [-0.3, -0.25) is 25.0 Å². The van der Waals surface area contributed by atoms with E-state index < -0.39 is 32.9 Å². The topological polar surface area (TPSA) is 133 Å². The zero-order valence-electron chi connectivity index (χ0n) is 10.9. The molecule has 0 amide bonds. The fourth-order valence-electron chi connectivity index (χ4n) is 1.55. The highest BCUT2D eigenvalue weighted by molar-refractivity contribution is 14.1. The molecule has 1 N–H and O–H groups in total. The maximum Gasteiger partial charge on any atom is 0.317 e. The third-order valence-corrected chi connectivity index (χ3v) is 2.91. The van der Waals surface area contributed by atoms with Gasteiger partial charge in [0.15, 0.2) is 12.4 Å². The molecule has 0 radical (unpaired) electrons. The summed E-state index contributed by atoms with van der Waals surface area (Å²) in [5, 5.41) is 31.3. The van der Waals surface area contributed by atoms with E-state index in [2.05, 4.69) is 9.85 Å². The summed E-state index contributed by atoms with van der Waals surface area (Å²) in [7, 11) is 0. The maximum atomic E-state index is 11.4. The lowest BCUT2D eigenvalue weighted by molar-refractivity contribution is -0.394. The van der Waals surface area contributed by atoms with Gasteiger partial charge in [-0.2, -0.15) is 0 Å². The molecule has 0 bridgehead atoms. The highest BCUT2D eigenvalue weighted by Gasteiger charge is 2.24. The van der Waals surface area contributed by atoms with E-state index in [1.165, 1.54) is 0 Å². The number of ether oxygens (including phenoxy) is 1. The summed E-state index contributed by atoms with van der Waals surface area (Å²) < 4.78 is 7.23. The van der Waals surface area contributed by atoms with E-state index in [4.69, 9.17) is 4.74 Å². The zero-order chi connectivity index (χ0) is 16.7. The number of nitro benzene ring substituents is 2. The van der Waals surface area contributed by atoms with Crippen LogP contribution in [0, 0.1) is 30.1 Å². The molecular weight excluding hydrogens is 411 g/mol. The second kappa shape index (κ2) is 8.13. The lowest BCUT2D eigenvalue weighted by Gasteiger charge is -2.05. The second-order valence-corrected chi connectivity index (χ2v) is 4.46. The Kier molecular flexibility index (Phi) is 6.51. The summed E-state index contributed by atoms with van der Waals surface area (Å²) in [4.78, 5) is 31.2. The van der Waals surface area contributed by atoms with E-state index in [1.807, 2.05) is 0 Å². The van der Waals surface area contributed by atoms with Gasteiger partial charge in [0.25, 0.3) is 5.69 Å². The third kappa shape index (κ3) is 4.85. The van der Waals surface area contributed by atoms with Crippen LogP contribution < -0.4 is 0 Å². The monoisotopic (exact) mass is 420 g/mol. The van der Waals surface area contributed by atoms with Gasteiger partial charge in [0.1, 0.15) is 0 Å². The predicted octanol–water partition coefficient (Wildman–Crippen LogP) is 2.08. The number of phenolic OH excluding ortho intramolecular Hbond substituents is 1. The molecule has 0 aliphatic rings. The fraction of sp³-hybridized carbons (Fsp3) is 0.250. The Morgan fingerprint density at radius 3 is 2.55 bits per heavy atom. The molecule has 0 aliphatic carbocycles. The summed E-state index contributed by atoms with van der Waals surface area (Å²) in [5.41, 5.74) is -1.39. The van der Waals surface area contributed by atoms with Gasteiger partial charge in [-0.25, -0.2) is 0 Å². The van der Waals surface area contributed by atoms with Crippen LogP contribution >= 0.6 is 22.6 Å². The number of hydrogen-bond acceptors (Lipinski definition) is 7. The third-order valence-electron chi connectivity index (χ3n) is 2.53. The Hall–Kier alpha value is -2.42. The number of nitro groups is 2. The molecule has 9 nitrogen and oxygen atoms in total. The van der Waals surface area contributed by atoms with Crippen LogP contribution in [0.25, 0.3) is 0 Å². The molecule has 116 valence electrons. The minimum atomic E-state index is -0.930. The number of carbonyl (C=O) groups excluding carboxylic acids is 1. The summed E-state index contributed by atoms with van der Waals surface area (Å²) in [6, 6.07) is 1.65. The van der Waals surface area contributed by atoms with Crippen LogP contribution in [0.4, 0.5) is 11.4 Å². The van der Waals surface area contributed by atoms with Crippen molar-refractivity contribution in [2.75, 3.05) is 6.61 Å². The van der Waals surface area contributed by atoms with Gasteiger partial charge in [-0.15, -0.1) is 0 Å². The Balaban J connectivity index is 2.93. The van der Waals surface area contributed by atoms with Crippen LogP contribution in [0.3, 0.4) is 0 Å². The van der Waals surface area contributed by atoms with Crippen molar-refractivity contribution in [3.8, 4) is 15.6 Å². The summed E-state index contributed by atoms with van der Waals surface area (Å²) in [5.74, 6) is 1.17. The maximum absolute atomic E-state index is 11.4. The molecule has 22 heavy (non-hydrogen) atoms. The highest BCUT2D eigenvalue weighted by Crippen LogP contribution is 2.34. The van der Waals surface area contributed by atoms with Crippen molar-refractivity contribution < 1.29 is 24.5 Å². The molecule has 0 heterocycles. The first-order valence-corrected chi connectivity index (χ1v) is 6.83. The molecule has 0 unspecified atom stereocenters. The largest absolute Gasteiger partial charge is 0.502 e. The molecule has 10 heteroatoms. The van der Waals surface area contributed by atoms with Gasteiger partial charge in [0.05, 0.1) is 15.9 Å². The number of rotatable bonds is 6. The average molecular weight is 420 g/mol. The molecule has 1 aromatic carbocycles. The van der Waals surface area contributed by atoms with Gasteiger partial charge >= 0.3 is 11.7 Å². The molecule has 0 saturated carbocycles. The summed E-state index contributed by atoms with van der Waals surface area (Å²) in [6.07, 6.45) is -0.334. The van der Waals surface area contributed by atoms with E-state index in [9.17, 15) is 30.1 Å². The number of carbonyl (C=O) groups is 1. The standard InChI is InChI=1S/C12H9IN2O7/c13-4-1-5-22-11(16)3-2-8-6-9(14(18)19)7-10(12(8)17)15(20)21/h6-7,17H,2-3,5H2. The van der Waals surface area contributed by atoms with E-state index in [-0.39, 0.29) is 25.0 Å². The van der Waals surface area contributed by atoms with Crippen molar-refractivity contribution in [2.45, 2.75) is 12.8 Å². The van der Waals surface area contributed by atoms with Crippen LogP contribution in [0.15, 0.2) is 12.1 Å². The molecular formula is C12H9IN2O7. The first-order valence-electron chi connectivity index (χ1n) is 5.75. The van der Waals surface area contributed by atoms with Crippen LogP contribution in [-0.4, -0.2) is 27.5 Å². The molecule has 0 aromatic heterocycles. The van der Waals surface area contributed by atoms with Crippen LogP contribution in [0.1, 0.15) is 12.0 Å². The predicted molar refractivity (Wildman–Crippen MR) is 82.5 cm³/mol. The molecule has 0 aliphatic heterocycles. The zero-order valence-corrected chi connectivity index (χ0v) is 13.1. The number of nitrogens with zero attached hydrogens (tertiary/aromatic N) is 2. The minimum Gasteiger partial charge on any atom is -0.502 e. The Morgan fingerprint density at radius 1 is 1.32 bits per heavy atom. The van der Waals surface area contributed by atoms with Gasteiger partial charge in [-0.05, 0) is 10.3 Å². The molecule has 0 spiro atoms. The van der Waals surface area contributed by atoms with Gasteiger partial charge < -0.3 is 9.84 Å². The van der Waals surface area contributed by atoms with Crippen molar-refractivity contribution in [3.05, 3.63) is 37.9 Å². The number of esters is 1. The normalized spacial score (nSPS) is 9.50. The van der Waals surface area contributed by atoms with Gasteiger partial charge in [0.2, 0.25) is 0 Å². The second-order valence-electron chi connectivity index (χ2n) is 3.92. The van der Waals surface area contributed by atoms with Gasteiger partial charge in [-0.1, -0.05) is 5.92 Å². The Morgan fingerprint density at radius 2 is 2.00 bits per heavy atom. The van der Waals surface area contributed by atoms with Crippen LogP contribution in [0.2, 0.25) is 0 Å². The van der Waals surface area contributed by atoms with E-state index >= 15 is 0 Å². The summed E-state index contributed by atoms with van der Waals surface area (Å²) >= 11 is 1.78. The molecule has 1 aromatic rings. The fourth-order valence-corrected chi connectivity index (χ4v) is 1.71. The van der Waals surface area contributed by atoms with E-state index in [0.717, 1.165) is 6.07 Å². The number of non-ortho nitro benzene ring substituents is 1. The van der Waals surface area contributed by atoms with Gasteiger partial charge in [0, 0.05) is 40.6 Å².